The van der Waals surface area contributed by atoms with Gasteiger partial charge in [0.15, 0.2) is 23.7 Å². The lowest BCUT2D eigenvalue weighted by Crippen LogP contribution is -2.74. The highest BCUT2D eigenvalue weighted by Gasteiger charge is 2.72. The number of phenols is 1. The predicted molar refractivity (Wildman–Crippen MR) is 119 cm³/mol. The number of carboxylic acid groups (broad SMARTS) is 1. The number of nitrogens with one attached hydrogen (secondary N) is 1. The molecule has 2 aliphatic carbocycles. The summed E-state index contributed by atoms with van der Waals surface area (Å²) in [5.41, 5.74) is -0.361. The second-order valence-electron chi connectivity index (χ2n) is 9.87. The molecule has 1 saturated heterocycles. The van der Waals surface area contributed by atoms with Gasteiger partial charge in [0.2, 0.25) is 5.91 Å². The fourth-order valence-corrected chi connectivity index (χ4v) is 6.26. The second kappa shape index (κ2) is 7.94. The van der Waals surface area contributed by atoms with Crippen LogP contribution in [0.4, 0.5) is 0 Å². The number of carbonyl (C=O) groups is 3. The second-order valence-corrected chi connectivity index (χ2v) is 9.87. The number of phenolic OH excluding ortho intramolecular Hbond substituents is 1. The first-order valence-corrected chi connectivity index (χ1v) is 11.6. The molecular formula is C24H28N2O9. The van der Waals surface area contributed by atoms with Crippen LogP contribution in [0, 0.1) is 0 Å². The summed E-state index contributed by atoms with van der Waals surface area (Å²) >= 11 is 0. The normalized spacial score (nSPS) is 31.9. The standard InChI is InChI=1S/C24H28N2O9/c1-11(25-17(29)10-14(28)21(30)31)22(32)34-15-5-6-24(33)16-9-12-3-4-13(27)19-18(12)23(24,20(15)35-19)7-8-26(16)2/h3-5,11,14,16,20,27-28,33H,6-10H2,1-2H3,(H,25,29)(H,30,31)/t11-,14-,16+,20-,23-,24+/m0/s1. The number of aliphatic carboxylic acids is 1. The Morgan fingerprint density at radius 2 is 2.09 bits per heavy atom. The zero-order chi connectivity index (χ0) is 25.3. The number of nitrogens with zero attached hydrogens (tertiary/aromatic N) is 1. The number of amides is 1. The quantitative estimate of drug-likeness (QED) is 0.331. The molecule has 0 saturated carbocycles. The molecule has 0 radical (unpaired) electrons. The fourth-order valence-electron chi connectivity index (χ4n) is 6.26. The van der Waals surface area contributed by atoms with E-state index >= 15 is 0 Å². The van der Waals surface area contributed by atoms with Gasteiger partial charge in [-0.1, -0.05) is 6.07 Å². The van der Waals surface area contributed by atoms with Gasteiger partial charge >= 0.3 is 11.9 Å². The Balaban J connectivity index is 1.42. The number of carbonyl (C=O) groups excluding carboxylic acids is 2. The molecule has 11 nitrogen and oxygen atoms in total. The number of hydrogen-bond acceptors (Lipinski definition) is 9. The molecule has 4 aliphatic rings. The highest BCUT2D eigenvalue weighted by molar-refractivity contribution is 5.87. The van der Waals surface area contributed by atoms with E-state index in [4.69, 9.17) is 14.6 Å². The summed E-state index contributed by atoms with van der Waals surface area (Å²) in [6.07, 6.45) is -0.467. The number of esters is 1. The minimum atomic E-state index is -1.88. The highest BCUT2D eigenvalue weighted by atomic mass is 16.6. The number of piperidine rings is 1. The number of carboxylic acids is 1. The maximum Gasteiger partial charge on any atom is 0.333 e. The zero-order valence-electron chi connectivity index (χ0n) is 19.4. The molecule has 1 amide bonds. The number of hydrogen-bond donors (Lipinski definition) is 5. The first-order chi connectivity index (χ1) is 16.5. The highest BCUT2D eigenvalue weighted by Crippen LogP contribution is 2.65. The van der Waals surface area contributed by atoms with Gasteiger partial charge < -0.3 is 40.1 Å². The summed E-state index contributed by atoms with van der Waals surface area (Å²) in [6, 6.07) is 2.10. The number of rotatable bonds is 6. The number of likely N-dealkylation sites (tertiary alicyclic amines) is 1. The molecule has 188 valence electrons. The topological polar surface area (TPSA) is 166 Å². The van der Waals surface area contributed by atoms with Crippen molar-refractivity contribution in [2.75, 3.05) is 13.6 Å². The third-order valence-corrected chi connectivity index (χ3v) is 7.97. The molecule has 5 rings (SSSR count). The molecule has 2 aliphatic heterocycles. The summed E-state index contributed by atoms with van der Waals surface area (Å²) in [7, 11) is 1.97. The Bertz CT molecular complexity index is 1150. The van der Waals surface area contributed by atoms with Gasteiger partial charge in [-0.3, -0.25) is 4.79 Å². The van der Waals surface area contributed by atoms with Gasteiger partial charge in [-0.2, -0.15) is 0 Å². The minimum Gasteiger partial charge on any atom is -0.504 e. The van der Waals surface area contributed by atoms with Crippen molar-refractivity contribution in [1.82, 2.24) is 10.2 Å². The molecule has 35 heavy (non-hydrogen) atoms. The van der Waals surface area contributed by atoms with E-state index in [2.05, 4.69) is 10.2 Å². The third kappa shape index (κ3) is 3.25. The minimum absolute atomic E-state index is 0.0458. The lowest BCUT2D eigenvalue weighted by atomic mass is 9.50. The Morgan fingerprint density at radius 1 is 1.34 bits per heavy atom. The molecule has 0 aromatic heterocycles. The van der Waals surface area contributed by atoms with E-state index in [0.717, 1.165) is 11.1 Å². The van der Waals surface area contributed by atoms with Gasteiger partial charge in [0.05, 0.1) is 17.4 Å². The summed E-state index contributed by atoms with van der Waals surface area (Å²) in [5.74, 6) is -2.73. The van der Waals surface area contributed by atoms with E-state index < -0.39 is 53.5 Å². The van der Waals surface area contributed by atoms with Crippen LogP contribution in [0.2, 0.25) is 0 Å². The molecule has 5 N–H and O–H groups in total. The van der Waals surface area contributed by atoms with Crippen molar-refractivity contribution in [1.29, 1.82) is 0 Å². The van der Waals surface area contributed by atoms with Gasteiger partial charge in [0, 0.05) is 18.0 Å². The maximum absolute atomic E-state index is 12.8. The molecule has 1 aromatic rings. The maximum atomic E-state index is 12.8. The number of aliphatic hydroxyl groups excluding tert-OH is 1. The molecule has 0 unspecified atom stereocenters. The van der Waals surface area contributed by atoms with Crippen LogP contribution < -0.4 is 10.1 Å². The van der Waals surface area contributed by atoms with E-state index in [0.29, 0.717) is 25.1 Å². The van der Waals surface area contributed by atoms with Gasteiger partial charge in [-0.15, -0.1) is 0 Å². The van der Waals surface area contributed by atoms with E-state index in [9.17, 15) is 29.7 Å². The zero-order valence-corrected chi connectivity index (χ0v) is 19.4. The lowest BCUT2D eigenvalue weighted by molar-refractivity contribution is -0.170. The number of benzene rings is 1. The van der Waals surface area contributed by atoms with Crippen LogP contribution in [0.3, 0.4) is 0 Å². The van der Waals surface area contributed by atoms with Crippen LogP contribution in [-0.4, -0.2) is 86.7 Å². The van der Waals surface area contributed by atoms with Crippen molar-refractivity contribution in [3.8, 4) is 11.5 Å². The number of likely N-dealkylation sites (N-methyl/N-ethyl adjacent to an activating group) is 1. The Kier molecular flexibility index (Phi) is 5.35. The van der Waals surface area contributed by atoms with E-state index in [1.54, 1.807) is 12.1 Å². The smallest absolute Gasteiger partial charge is 0.333 e. The van der Waals surface area contributed by atoms with Crippen LogP contribution in [0.1, 0.15) is 37.3 Å². The average molecular weight is 488 g/mol. The Morgan fingerprint density at radius 3 is 2.80 bits per heavy atom. The summed E-state index contributed by atoms with van der Waals surface area (Å²) in [5, 5.41) is 43.0. The van der Waals surface area contributed by atoms with Crippen molar-refractivity contribution in [2.45, 2.75) is 67.9 Å². The molecule has 1 spiro atoms. The van der Waals surface area contributed by atoms with E-state index in [-0.39, 0.29) is 24.0 Å². The average Bonchev–Trinajstić information content (AvgIpc) is 3.15. The number of ether oxygens (including phenoxy) is 2. The molecule has 1 aromatic carbocycles. The predicted octanol–water partition coefficient (Wildman–Crippen LogP) is -0.447. The number of aromatic hydroxyl groups is 1. The number of aliphatic hydroxyl groups is 2. The molecule has 1 fully saturated rings. The lowest BCUT2D eigenvalue weighted by Gasteiger charge is -2.61. The van der Waals surface area contributed by atoms with Crippen molar-refractivity contribution < 1.29 is 44.3 Å². The Labute approximate surface area is 200 Å². The van der Waals surface area contributed by atoms with Crippen molar-refractivity contribution in [3.63, 3.8) is 0 Å². The summed E-state index contributed by atoms with van der Waals surface area (Å²) in [4.78, 5) is 37.7. The molecule has 11 heteroatoms. The molecule has 2 heterocycles. The largest absolute Gasteiger partial charge is 0.504 e. The summed E-state index contributed by atoms with van der Waals surface area (Å²) in [6.45, 7) is 2.06. The summed E-state index contributed by atoms with van der Waals surface area (Å²) < 4.78 is 11.9. The van der Waals surface area contributed by atoms with Crippen LogP contribution in [0.5, 0.6) is 11.5 Å². The molecular weight excluding hydrogens is 460 g/mol. The Hall–Kier alpha value is -3.15. The van der Waals surface area contributed by atoms with Gasteiger partial charge in [0.25, 0.3) is 0 Å². The van der Waals surface area contributed by atoms with Crippen molar-refractivity contribution >= 4 is 17.8 Å². The van der Waals surface area contributed by atoms with Crippen LogP contribution in [0.25, 0.3) is 0 Å². The van der Waals surface area contributed by atoms with Gasteiger partial charge in [0.1, 0.15) is 11.8 Å². The van der Waals surface area contributed by atoms with Crippen molar-refractivity contribution in [3.05, 3.63) is 35.1 Å². The van der Waals surface area contributed by atoms with Gasteiger partial charge in [-0.05, 0) is 51.1 Å². The van der Waals surface area contributed by atoms with Crippen LogP contribution in [-0.2, 0) is 31.0 Å². The first-order valence-electron chi connectivity index (χ1n) is 11.6. The van der Waals surface area contributed by atoms with Crippen molar-refractivity contribution in [2.24, 2.45) is 0 Å². The fraction of sp³-hybridized carbons (Fsp3) is 0.542. The molecule has 2 bridgehead atoms. The van der Waals surface area contributed by atoms with Crippen LogP contribution >= 0.6 is 0 Å². The molecule has 6 atom stereocenters. The van der Waals surface area contributed by atoms with E-state index in [1.165, 1.54) is 6.92 Å². The SMILES string of the molecule is C[C@H](NC(=O)C[C@H](O)C(=O)O)C(=O)OC1=CC[C@@]2(O)[C@H]3Cc4ccc(O)c5c4[C@@]2(CCN3C)[C@H]1O5. The monoisotopic (exact) mass is 488 g/mol. The first kappa shape index (κ1) is 23.6. The van der Waals surface area contributed by atoms with Crippen LogP contribution in [0.15, 0.2) is 24.0 Å². The van der Waals surface area contributed by atoms with E-state index in [1.807, 2.05) is 13.1 Å². The van der Waals surface area contributed by atoms with Gasteiger partial charge in [-0.25, -0.2) is 9.59 Å². The third-order valence-electron chi connectivity index (χ3n) is 7.97.